The number of rotatable bonds is 9. The van der Waals surface area contributed by atoms with Crippen LogP contribution in [0.1, 0.15) is 58.4 Å². The number of hydrogen-bond donors (Lipinski definition) is 1. The molecule has 1 heterocycles. The first-order chi connectivity index (χ1) is 15.2. The van der Waals surface area contributed by atoms with Crippen molar-refractivity contribution in [1.29, 1.82) is 0 Å². The van der Waals surface area contributed by atoms with Crippen molar-refractivity contribution in [3.63, 3.8) is 0 Å². The van der Waals surface area contributed by atoms with E-state index in [1.807, 2.05) is 37.3 Å². The van der Waals surface area contributed by atoms with Gasteiger partial charge < -0.3 is 4.90 Å². The molecule has 1 saturated heterocycles. The van der Waals surface area contributed by atoms with E-state index >= 15 is 0 Å². The summed E-state index contributed by atoms with van der Waals surface area (Å²) in [6, 6.07) is 18.5. The average Bonchev–Trinajstić information content (AvgIpc) is 3.24. The lowest BCUT2D eigenvalue weighted by Gasteiger charge is -2.37. The fourth-order valence-corrected chi connectivity index (χ4v) is 4.89. The van der Waals surface area contributed by atoms with Crippen LogP contribution >= 0.6 is 12.6 Å². The maximum atomic E-state index is 13.1. The quantitative estimate of drug-likeness (QED) is 0.405. The third-order valence-electron chi connectivity index (χ3n) is 6.96. The first-order valence-electron chi connectivity index (χ1n) is 11.5. The molecule has 3 rings (SSSR count). The van der Waals surface area contributed by atoms with E-state index in [-0.39, 0.29) is 5.12 Å². The minimum atomic E-state index is -0.999. The number of thiol groups is 1. The van der Waals surface area contributed by atoms with Gasteiger partial charge in [-0.3, -0.25) is 14.4 Å². The molecule has 32 heavy (non-hydrogen) atoms. The van der Waals surface area contributed by atoms with E-state index in [2.05, 4.69) is 36.9 Å². The van der Waals surface area contributed by atoms with Crippen LogP contribution in [-0.2, 0) is 20.8 Å². The number of amides is 1. The minimum Gasteiger partial charge on any atom is -0.322 e. The van der Waals surface area contributed by atoms with Crippen molar-refractivity contribution < 1.29 is 14.4 Å². The van der Waals surface area contributed by atoms with E-state index in [0.29, 0.717) is 32.2 Å². The van der Waals surface area contributed by atoms with Crippen LogP contribution in [0.25, 0.3) is 11.1 Å². The molecule has 1 amide bonds. The largest absolute Gasteiger partial charge is 0.322 e. The SMILES string of the molecule is CCC(C)(C)C(=O)C(=O)N1CCCC1(CCCc1ccccc1-c1ccccc1)C(=O)S. The van der Waals surface area contributed by atoms with E-state index < -0.39 is 22.6 Å². The van der Waals surface area contributed by atoms with Gasteiger partial charge in [0.05, 0.1) is 0 Å². The van der Waals surface area contributed by atoms with Crippen molar-refractivity contribution in [3.05, 3.63) is 60.2 Å². The van der Waals surface area contributed by atoms with Crippen LogP contribution in [0.5, 0.6) is 0 Å². The summed E-state index contributed by atoms with van der Waals surface area (Å²) in [4.78, 5) is 40.2. The fraction of sp³-hybridized carbons (Fsp3) is 0.444. The summed E-state index contributed by atoms with van der Waals surface area (Å²) in [6.45, 7) is 5.90. The number of hydrogen-bond acceptors (Lipinski definition) is 3. The zero-order chi connectivity index (χ0) is 23.4. The van der Waals surface area contributed by atoms with E-state index in [4.69, 9.17) is 0 Å². The monoisotopic (exact) mass is 451 g/mol. The zero-order valence-electron chi connectivity index (χ0n) is 19.3. The van der Waals surface area contributed by atoms with E-state index in [1.165, 1.54) is 16.0 Å². The van der Waals surface area contributed by atoms with Gasteiger partial charge >= 0.3 is 0 Å². The van der Waals surface area contributed by atoms with Crippen LogP contribution < -0.4 is 0 Å². The van der Waals surface area contributed by atoms with E-state index in [1.54, 1.807) is 13.8 Å². The molecule has 0 spiro atoms. The van der Waals surface area contributed by atoms with Crippen LogP contribution in [0.3, 0.4) is 0 Å². The minimum absolute atomic E-state index is 0.318. The molecule has 1 atom stereocenters. The molecule has 4 nitrogen and oxygen atoms in total. The summed E-state index contributed by atoms with van der Waals surface area (Å²) < 4.78 is 0. The molecule has 0 aliphatic carbocycles. The molecule has 1 unspecified atom stereocenters. The number of Topliss-reactive ketones (excluding diaryl/α,β-unsaturated/α-hetero) is 1. The lowest BCUT2D eigenvalue weighted by molar-refractivity contribution is -0.153. The second-order valence-corrected chi connectivity index (χ2v) is 9.75. The molecular weight excluding hydrogens is 418 g/mol. The fourth-order valence-electron chi connectivity index (χ4n) is 4.55. The Morgan fingerprint density at radius 2 is 1.69 bits per heavy atom. The van der Waals surface area contributed by atoms with Crippen molar-refractivity contribution in [3.8, 4) is 11.1 Å². The Labute approximate surface area is 196 Å². The third-order valence-corrected chi connectivity index (χ3v) is 7.38. The van der Waals surface area contributed by atoms with Crippen LogP contribution in [0.15, 0.2) is 54.6 Å². The van der Waals surface area contributed by atoms with Gasteiger partial charge in [0.25, 0.3) is 5.91 Å². The number of likely N-dealkylation sites (tertiary alicyclic amines) is 1. The molecule has 0 radical (unpaired) electrons. The molecule has 2 aromatic rings. The average molecular weight is 452 g/mol. The topological polar surface area (TPSA) is 54.5 Å². The lowest BCUT2D eigenvalue weighted by atomic mass is 9.83. The van der Waals surface area contributed by atoms with E-state index in [9.17, 15) is 14.4 Å². The van der Waals surface area contributed by atoms with Crippen molar-refractivity contribution in [2.45, 2.75) is 64.8 Å². The predicted octanol–water partition coefficient (Wildman–Crippen LogP) is 5.50. The molecule has 0 bridgehead atoms. The third kappa shape index (κ3) is 4.83. The molecule has 170 valence electrons. The predicted molar refractivity (Wildman–Crippen MR) is 132 cm³/mol. The number of carbonyl (C=O) groups is 3. The van der Waals surface area contributed by atoms with Crippen LogP contribution in [0, 0.1) is 5.41 Å². The van der Waals surface area contributed by atoms with Gasteiger partial charge in [-0.15, -0.1) is 12.6 Å². The highest BCUT2D eigenvalue weighted by Gasteiger charge is 2.50. The van der Waals surface area contributed by atoms with Gasteiger partial charge in [0.15, 0.2) is 0 Å². The first kappa shape index (κ1) is 24.2. The Kier molecular flexibility index (Phi) is 7.60. The molecule has 0 saturated carbocycles. The highest BCUT2D eigenvalue weighted by atomic mass is 32.1. The number of benzene rings is 2. The summed E-state index contributed by atoms with van der Waals surface area (Å²) in [5.41, 5.74) is 1.81. The molecule has 1 fully saturated rings. The number of carbonyl (C=O) groups excluding carboxylic acids is 3. The van der Waals surface area contributed by atoms with Crippen molar-refractivity contribution in [1.82, 2.24) is 4.90 Å². The normalized spacial score (nSPS) is 18.6. The van der Waals surface area contributed by atoms with Gasteiger partial charge in [0.2, 0.25) is 10.9 Å². The summed E-state index contributed by atoms with van der Waals surface area (Å²) >= 11 is 4.19. The number of nitrogens with zero attached hydrogens (tertiary/aromatic N) is 1. The molecule has 1 aliphatic rings. The molecule has 0 aromatic heterocycles. The molecule has 2 aromatic carbocycles. The molecular formula is C27H33NO3S. The van der Waals surface area contributed by atoms with Gasteiger partial charge in [-0.25, -0.2) is 0 Å². The van der Waals surface area contributed by atoms with Gasteiger partial charge in [-0.05, 0) is 55.2 Å². The Hall–Kier alpha value is -2.40. The number of aryl methyl sites for hydroxylation is 1. The molecule has 0 N–H and O–H groups in total. The molecule has 1 aliphatic heterocycles. The summed E-state index contributed by atoms with van der Waals surface area (Å²) in [5.74, 6) is -0.961. The maximum Gasteiger partial charge on any atom is 0.291 e. The number of ketones is 1. The van der Waals surface area contributed by atoms with Crippen LogP contribution in [-0.4, -0.2) is 33.8 Å². The highest BCUT2D eigenvalue weighted by molar-refractivity contribution is 7.96. The summed E-state index contributed by atoms with van der Waals surface area (Å²) in [5, 5.41) is -0.318. The smallest absolute Gasteiger partial charge is 0.291 e. The van der Waals surface area contributed by atoms with Gasteiger partial charge in [-0.1, -0.05) is 75.4 Å². The summed E-state index contributed by atoms with van der Waals surface area (Å²) in [6.07, 6.45) is 3.85. The van der Waals surface area contributed by atoms with Crippen LogP contribution in [0.2, 0.25) is 0 Å². The second-order valence-electron chi connectivity index (χ2n) is 9.34. The zero-order valence-corrected chi connectivity index (χ0v) is 20.2. The Morgan fingerprint density at radius 1 is 1.03 bits per heavy atom. The Bertz CT molecular complexity index is 985. The first-order valence-corrected chi connectivity index (χ1v) is 11.9. The van der Waals surface area contributed by atoms with Crippen molar-refractivity contribution in [2.24, 2.45) is 5.41 Å². The van der Waals surface area contributed by atoms with Crippen molar-refractivity contribution >= 4 is 29.4 Å². The van der Waals surface area contributed by atoms with Gasteiger partial charge in [0.1, 0.15) is 5.54 Å². The lowest BCUT2D eigenvalue weighted by Crippen LogP contribution is -2.55. The second kappa shape index (κ2) is 10.0. The van der Waals surface area contributed by atoms with Crippen molar-refractivity contribution in [2.75, 3.05) is 6.54 Å². The standard InChI is InChI=1S/C27H33NO3S/c1-4-26(2,3)23(29)24(30)28-19-11-18-27(28,25(31)32)17-10-15-21-14-8-9-16-22(21)20-12-6-5-7-13-20/h5-9,12-14,16H,4,10-11,15,17-19H2,1-3H3,(H,31,32). The van der Waals surface area contributed by atoms with Crippen LogP contribution in [0.4, 0.5) is 0 Å². The maximum absolute atomic E-state index is 13.1. The molecule has 5 heteroatoms. The Balaban J connectivity index is 1.79. The van der Waals surface area contributed by atoms with E-state index in [0.717, 1.165) is 18.4 Å². The van der Waals surface area contributed by atoms with Gasteiger partial charge in [-0.2, -0.15) is 0 Å². The Morgan fingerprint density at radius 3 is 2.34 bits per heavy atom. The van der Waals surface area contributed by atoms with Gasteiger partial charge in [0, 0.05) is 12.0 Å². The summed E-state index contributed by atoms with van der Waals surface area (Å²) in [7, 11) is 0. The highest BCUT2D eigenvalue weighted by Crippen LogP contribution is 2.38.